The Morgan fingerprint density at radius 3 is 2.72 bits per heavy atom. The van der Waals surface area contributed by atoms with Gasteiger partial charge in [0.1, 0.15) is 12.0 Å². The van der Waals surface area contributed by atoms with Gasteiger partial charge in [-0.3, -0.25) is 0 Å². The normalized spacial score (nSPS) is 23.5. The quantitative estimate of drug-likeness (QED) is 0.831. The van der Waals surface area contributed by atoms with Gasteiger partial charge in [0.05, 0.1) is 15.3 Å². The van der Waals surface area contributed by atoms with Crippen molar-refractivity contribution in [3.05, 3.63) is 45.1 Å². The molecule has 0 saturated carbocycles. The number of halogens is 2. The Hall–Kier alpha value is -0.640. The summed E-state index contributed by atoms with van der Waals surface area (Å²) in [7, 11) is 0. The summed E-state index contributed by atoms with van der Waals surface area (Å²) in [5.41, 5.74) is 1.70. The predicted octanol–water partition coefficient (Wildman–Crippen LogP) is 4.57. The minimum absolute atomic E-state index is 0.134. The van der Waals surface area contributed by atoms with Gasteiger partial charge in [0.25, 0.3) is 0 Å². The number of hydrogen-bond acceptors (Lipinski definition) is 3. The Balaban J connectivity index is 2.35. The Bertz CT molecular complexity index is 514. The molecule has 1 aliphatic rings. The van der Waals surface area contributed by atoms with E-state index in [0.29, 0.717) is 10.0 Å². The van der Waals surface area contributed by atoms with Crippen LogP contribution >= 0.6 is 35.0 Å². The molecule has 18 heavy (non-hydrogen) atoms. The van der Waals surface area contributed by atoms with Gasteiger partial charge in [0.2, 0.25) is 0 Å². The summed E-state index contributed by atoms with van der Waals surface area (Å²) in [4.78, 5) is 10.6. The second kappa shape index (κ2) is 5.55. The van der Waals surface area contributed by atoms with Crippen LogP contribution in [0.5, 0.6) is 0 Å². The fourth-order valence-corrected chi connectivity index (χ4v) is 3.68. The first-order chi connectivity index (χ1) is 8.54. The standard InChI is InChI=1S/C13H12Cl2O2S/c1-7-9(4-5-16)12(17)13(18-7)8-2-3-10(14)11(15)6-8/h2-3,5-7,13,17H,4H2,1H3. The summed E-state index contributed by atoms with van der Waals surface area (Å²) in [6, 6.07) is 5.32. The zero-order valence-corrected chi connectivity index (χ0v) is 12.0. The molecule has 5 heteroatoms. The van der Waals surface area contributed by atoms with Gasteiger partial charge in [-0.05, 0) is 30.2 Å². The van der Waals surface area contributed by atoms with Crippen molar-refractivity contribution in [3.8, 4) is 0 Å². The van der Waals surface area contributed by atoms with E-state index in [-0.39, 0.29) is 22.7 Å². The predicted molar refractivity (Wildman–Crippen MR) is 76.6 cm³/mol. The minimum atomic E-state index is -0.162. The molecule has 0 saturated heterocycles. The molecule has 1 aromatic rings. The molecule has 1 heterocycles. The molecular weight excluding hydrogens is 291 g/mol. The summed E-state index contributed by atoms with van der Waals surface area (Å²) in [6.45, 7) is 1.98. The van der Waals surface area contributed by atoms with E-state index in [9.17, 15) is 9.90 Å². The molecule has 0 amide bonds. The van der Waals surface area contributed by atoms with Crippen molar-refractivity contribution in [2.24, 2.45) is 0 Å². The molecule has 1 N–H and O–H groups in total. The highest BCUT2D eigenvalue weighted by Gasteiger charge is 2.32. The maximum atomic E-state index is 10.6. The average molecular weight is 303 g/mol. The Kier molecular flexibility index (Phi) is 4.25. The number of aliphatic hydroxyl groups is 1. The van der Waals surface area contributed by atoms with Crippen molar-refractivity contribution < 1.29 is 9.90 Å². The van der Waals surface area contributed by atoms with Crippen molar-refractivity contribution in [1.29, 1.82) is 0 Å². The van der Waals surface area contributed by atoms with Crippen molar-refractivity contribution in [3.63, 3.8) is 0 Å². The van der Waals surface area contributed by atoms with Crippen LogP contribution in [0.3, 0.4) is 0 Å². The second-order valence-corrected chi connectivity index (χ2v) is 6.38. The van der Waals surface area contributed by atoms with Gasteiger partial charge in [0, 0.05) is 11.7 Å². The number of thioether (sulfide) groups is 1. The van der Waals surface area contributed by atoms with Gasteiger partial charge < -0.3 is 9.90 Å². The molecular formula is C13H12Cl2O2S. The molecule has 0 aromatic heterocycles. The fourth-order valence-electron chi connectivity index (χ4n) is 2.00. The number of carbonyl (C=O) groups is 1. The van der Waals surface area contributed by atoms with Crippen LogP contribution in [0.1, 0.15) is 24.2 Å². The highest BCUT2D eigenvalue weighted by molar-refractivity contribution is 8.00. The number of carbonyl (C=O) groups excluding carboxylic acids is 1. The van der Waals surface area contributed by atoms with Crippen molar-refractivity contribution in [2.75, 3.05) is 0 Å². The molecule has 0 spiro atoms. The van der Waals surface area contributed by atoms with Crippen LogP contribution < -0.4 is 0 Å². The van der Waals surface area contributed by atoms with Crippen LogP contribution in [-0.2, 0) is 4.79 Å². The molecule has 0 fully saturated rings. The zero-order valence-electron chi connectivity index (χ0n) is 9.69. The fraction of sp³-hybridized carbons (Fsp3) is 0.308. The smallest absolute Gasteiger partial charge is 0.124 e. The molecule has 0 bridgehead atoms. The van der Waals surface area contributed by atoms with E-state index < -0.39 is 0 Å². The van der Waals surface area contributed by atoms with Crippen LogP contribution in [-0.4, -0.2) is 16.6 Å². The van der Waals surface area contributed by atoms with Gasteiger partial charge in [0.15, 0.2) is 0 Å². The van der Waals surface area contributed by atoms with Crippen molar-refractivity contribution >= 4 is 41.2 Å². The summed E-state index contributed by atoms with van der Waals surface area (Å²) in [6.07, 6.45) is 1.09. The van der Waals surface area contributed by atoms with Crippen LogP contribution in [0.2, 0.25) is 10.0 Å². The topological polar surface area (TPSA) is 37.3 Å². The van der Waals surface area contributed by atoms with E-state index in [1.807, 2.05) is 13.0 Å². The number of benzene rings is 1. The Labute approximate surface area is 120 Å². The van der Waals surface area contributed by atoms with Crippen LogP contribution in [0.25, 0.3) is 0 Å². The lowest BCUT2D eigenvalue weighted by molar-refractivity contribution is -0.107. The van der Waals surface area contributed by atoms with Gasteiger partial charge in [-0.2, -0.15) is 0 Å². The van der Waals surface area contributed by atoms with E-state index >= 15 is 0 Å². The minimum Gasteiger partial charge on any atom is -0.511 e. The zero-order chi connectivity index (χ0) is 13.3. The SMILES string of the molecule is CC1SC(c2ccc(Cl)c(Cl)c2)C(O)=C1CC=O. The van der Waals surface area contributed by atoms with Gasteiger partial charge >= 0.3 is 0 Å². The van der Waals surface area contributed by atoms with Gasteiger partial charge in [-0.25, -0.2) is 0 Å². The van der Waals surface area contributed by atoms with Crippen LogP contribution in [0.4, 0.5) is 0 Å². The second-order valence-electron chi connectivity index (χ2n) is 4.11. The number of aldehydes is 1. The molecule has 2 nitrogen and oxygen atoms in total. The van der Waals surface area contributed by atoms with Crippen LogP contribution in [0, 0.1) is 0 Å². The first-order valence-corrected chi connectivity index (χ1v) is 7.20. The van der Waals surface area contributed by atoms with E-state index in [1.165, 1.54) is 0 Å². The summed E-state index contributed by atoms with van der Waals surface area (Å²) in [5.74, 6) is 0.276. The monoisotopic (exact) mass is 302 g/mol. The average Bonchev–Trinajstić information content (AvgIpc) is 2.61. The van der Waals surface area contributed by atoms with E-state index in [4.69, 9.17) is 23.2 Å². The summed E-state index contributed by atoms with van der Waals surface area (Å²) >= 11 is 13.5. The molecule has 0 aliphatic carbocycles. The van der Waals surface area contributed by atoms with E-state index in [0.717, 1.165) is 17.4 Å². The lowest BCUT2D eigenvalue weighted by Crippen LogP contribution is -1.98. The third-order valence-electron chi connectivity index (χ3n) is 2.96. The molecule has 2 rings (SSSR count). The highest BCUT2D eigenvalue weighted by Crippen LogP contribution is 2.48. The Morgan fingerprint density at radius 1 is 1.39 bits per heavy atom. The largest absolute Gasteiger partial charge is 0.511 e. The molecule has 2 unspecified atom stereocenters. The summed E-state index contributed by atoms with van der Waals surface area (Å²) in [5, 5.41) is 11.1. The third kappa shape index (κ3) is 2.53. The lowest BCUT2D eigenvalue weighted by Gasteiger charge is -2.12. The molecule has 1 aliphatic heterocycles. The molecule has 96 valence electrons. The first-order valence-electron chi connectivity index (χ1n) is 5.50. The third-order valence-corrected chi connectivity index (χ3v) is 5.16. The van der Waals surface area contributed by atoms with Crippen molar-refractivity contribution in [2.45, 2.75) is 23.8 Å². The van der Waals surface area contributed by atoms with Crippen molar-refractivity contribution in [1.82, 2.24) is 0 Å². The first kappa shape index (κ1) is 13.8. The Morgan fingerprint density at radius 2 is 2.11 bits per heavy atom. The van der Waals surface area contributed by atoms with Crippen LogP contribution in [0.15, 0.2) is 29.5 Å². The van der Waals surface area contributed by atoms with E-state index in [2.05, 4.69) is 0 Å². The maximum absolute atomic E-state index is 10.6. The summed E-state index contributed by atoms with van der Waals surface area (Å²) < 4.78 is 0. The number of hydrogen-bond donors (Lipinski definition) is 1. The van der Waals surface area contributed by atoms with E-state index in [1.54, 1.807) is 23.9 Å². The number of rotatable bonds is 3. The van der Waals surface area contributed by atoms with Gasteiger partial charge in [-0.1, -0.05) is 29.3 Å². The maximum Gasteiger partial charge on any atom is 0.124 e. The number of aliphatic hydroxyl groups excluding tert-OH is 1. The van der Waals surface area contributed by atoms with Gasteiger partial charge in [-0.15, -0.1) is 11.8 Å². The molecule has 0 radical (unpaired) electrons. The highest BCUT2D eigenvalue weighted by atomic mass is 35.5. The lowest BCUT2D eigenvalue weighted by atomic mass is 10.0. The molecule has 2 atom stereocenters. The molecule has 1 aromatic carbocycles.